The quantitative estimate of drug-likeness (QED) is 0.810. The highest BCUT2D eigenvalue weighted by molar-refractivity contribution is 7.98. The number of aliphatic hydroxyl groups is 1. The Morgan fingerprint density at radius 1 is 1.38 bits per heavy atom. The van der Waals surface area contributed by atoms with Gasteiger partial charge in [0.2, 0.25) is 10.0 Å². The summed E-state index contributed by atoms with van der Waals surface area (Å²) in [5.41, 5.74) is 0. The van der Waals surface area contributed by atoms with E-state index in [9.17, 15) is 13.5 Å². The first-order valence-corrected chi connectivity index (χ1v) is 10.3. The van der Waals surface area contributed by atoms with Crippen molar-refractivity contribution in [1.82, 2.24) is 4.72 Å². The molecule has 2 N–H and O–H groups in total. The van der Waals surface area contributed by atoms with Crippen molar-refractivity contribution in [3.05, 3.63) is 29.1 Å². The average molecular weight is 346 g/mol. The second kappa shape index (κ2) is 7.11. The Labute approximate surface area is 133 Å². The van der Waals surface area contributed by atoms with Crippen molar-refractivity contribution in [2.75, 3.05) is 18.6 Å². The molecule has 0 spiro atoms. The summed E-state index contributed by atoms with van der Waals surface area (Å²) in [7, 11) is -3.61. The minimum absolute atomic E-state index is 0.224. The van der Waals surface area contributed by atoms with Crippen LogP contribution in [0.4, 0.5) is 0 Å². The van der Waals surface area contributed by atoms with Gasteiger partial charge in [0.25, 0.3) is 0 Å². The van der Waals surface area contributed by atoms with Gasteiger partial charge in [0.05, 0.1) is 11.5 Å². The zero-order valence-corrected chi connectivity index (χ0v) is 14.4. The number of hydrogen-bond acceptors (Lipinski definition) is 5. The van der Waals surface area contributed by atoms with Gasteiger partial charge in [-0.1, -0.05) is 25.1 Å². The number of thioether (sulfide) groups is 1. The summed E-state index contributed by atoms with van der Waals surface area (Å²) in [6.07, 6.45) is 2.00. The lowest BCUT2D eigenvalue weighted by Crippen LogP contribution is -2.29. The van der Waals surface area contributed by atoms with E-state index < -0.39 is 10.0 Å². The molecule has 116 valence electrons. The van der Waals surface area contributed by atoms with Gasteiger partial charge >= 0.3 is 0 Å². The van der Waals surface area contributed by atoms with Gasteiger partial charge in [-0.3, -0.25) is 0 Å². The molecule has 0 aliphatic carbocycles. The molecule has 2 aromatic rings. The lowest BCUT2D eigenvalue weighted by atomic mass is 10.2. The van der Waals surface area contributed by atoms with E-state index in [2.05, 4.69) is 4.72 Å². The third kappa shape index (κ3) is 3.78. The van der Waals surface area contributed by atoms with E-state index >= 15 is 0 Å². The maximum absolute atomic E-state index is 12.6. The summed E-state index contributed by atoms with van der Waals surface area (Å²) in [5.74, 6) is 1.16. The van der Waals surface area contributed by atoms with Crippen LogP contribution < -0.4 is 4.72 Å². The molecule has 1 heterocycles. The largest absolute Gasteiger partial charge is 0.391 e. The van der Waals surface area contributed by atoms with Crippen LogP contribution in [0.15, 0.2) is 29.2 Å². The second-order valence-electron chi connectivity index (χ2n) is 4.92. The molecule has 1 aromatic heterocycles. The summed E-state index contributed by atoms with van der Waals surface area (Å²) >= 11 is 3.02. The highest BCUT2D eigenvalue weighted by atomic mass is 32.2. The molecule has 1 aromatic carbocycles. The number of fused-ring (bicyclic) bond motifs is 1. The van der Waals surface area contributed by atoms with Gasteiger partial charge in [0.15, 0.2) is 0 Å². The third-order valence-corrected chi connectivity index (χ3v) is 6.84. The van der Waals surface area contributed by atoms with Gasteiger partial charge in [-0.25, -0.2) is 13.1 Å². The van der Waals surface area contributed by atoms with Gasteiger partial charge in [0, 0.05) is 16.6 Å². The topological polar surface area (TPSA) is 66.4 Å². The lowest BCUT2D eigenvalue weighted by molar-refractivity contribution is 0.283. The van der Waals surface area contributed by atoms with Crippen molar-refractivity contribution in [3.63, 3.8) is 0 Å². The molecule has 21 heavy (non-hydrogen) atoms. The molecule has 0 saturated carbocycles. The minimum Gasteiger partial charge on any atom is -0.391 e. The van der Waals surface area contributed by atoms with E-state index in [0.717, 1.165) is 10.5 Å². The second-order valence-corrected chi connectivity index (χ2v) is 8.67. The molecule has 0 saturated heterocycles. The fourth-order valence-electron chi connectivity index (χ4n) is 2.14. The van der Waals surface area contributed by atoms with Gasteiger partial charge < -0.3 is 5.11 Å². The smallest absolute Gasteiger partial charge is 0.242 e. The first-order chi connectivity index (χ1) is 9.99. The van der Waals surface area contributed by atoms with E-state index in [-0.39, 0.29) is 17.4 Å². The normalized spacial score (nSPS) is 13.7. The Bertz CT molecular complexity index is 709. The molecule has 0 fully saturated rings. The van der Waals surface area contributed by atoms with Crippen LogP contribution in [0, 0.1) is 5.92 Å². The Morgan fingerprint density at radius 3 is 2.76 bits per heavy atom. The van der Waals surface area contributed by atoms with Gasteiger partial charge in [-0.2, -0.15) is 11.8 Å². The minimum atomic E-state index is -3.61. The molecule has 0 radical (unpaired) electrons. The number of benzene rings is 1. The van der Waals surface area contributed by atoms with E-state index in [1.165, 1.54) is 11.3 Å². The van der Waals surface area contributed by atoms with E-state index in [4.69, 9.17) is 0 Å². The zero-order valence-electron chi connectivity index (χ0n) is 12.0. The highest BCUT2D eigenvalue weighted by Gasteiger charge is 2.24. The fourth-order valence-corrected chi connectivity index (χ4v) is 5.78. The number of nitrogens with one attached hydrogen (secondary N) is 1. The van der Waals surface area contributed by atoms with Crippen molar-refractivity contribution in [2.24, 2.45) is 5.92 Å². The van der Waals surface area contributed by atoms with Gasteiger partial charge in [0.1, 0.15) is 4.90 Å². The van der Waals surface area contributed by atoms with Crippen molar-refractivity contribution in [3.8, 4) is 0 Å². The number of sulfonamides is 1. The summed E-state index contributed by atoms with van der Waals surface area (Å²) in [6.45, 7) is 2.14. The summed E-state index contributed by atoms with van der Waals surface area (Å²) in [5, 5.41) is 10.1. The van der Waals surface area contributed by atoms with Crippen molar-refractivity contribution in [1.29, 1.82) is 0 Å². The monoisotopic (exact) mass is 345 g/mol. The van der Waals surface area contributed by atoms with Crippen LogP contribution in [-0.4, -0.2) is 32.1 Å². The van der Waals surface area contributed by atoms with Crippen LogP contribution >= 0.6 is 23.1 Å². The molecule has 0 amide bonds. The van der Waals surface area contributed by atoms with Crippen molar-refractivity contribution in [2.45, 2.75) is 18.4 Å². The van der Waals surface area contributed by atoms with E-state index in [0.29, 0.717) is 16.8 Å². The number of aliphatic hydroxyl groups excluding tert-OH is 1. The summed E-state index contributed by atoms with van der Waals surface area (Å²) in [4.78, 5) is 0.711. The first-order valence-electron chi connectivity index (χ1n) is 6.59. The standard InChI is InChI=1S/C14H19NO3S3/c1-10(9-19-2)7-15-21(17,18)14-11-5-3-4-6-12(11)20-13(14)8-16/h3-6,10,15-16H,7-9H2,1-2H3. The predicted molar refractivity (Wildman–Crippen MR) is 90.5 cm³/mol. The van der Waals surface area contributed by atoms with E-state index in [1.54, 1.807) is 17.8 Å². The van der Waals surface area contributed by atoms with Crippen molar-refractivity contribution < 1.29 is 13.5 Å². The number of hydrogen-bond donors (Lipinski definition) is 2. The van der Waals surface area contributed by atoms with Crippen LogP contribution in [0.2, 0.25) is 0 Å². The average Bonchev–Trinajstić information content (AvgIpc) is 2.85. The SMILES string of the molecule is CSCC(C)CNS(=O)(=O)c1c(CO)sc2ccccc12. The maximum atomic E-state index is 12.6. The molecule has 4 nitrogen and oxygen atoms in total. The zero-order chi connectivity index (χ0) is 15.5. The Balaban J connectivity index is 2.35. The molecular formula is C14H19NO3S3. The first kappa shape index (κ1) is 16.8. The third-order valence-electron chi connectivity index (χ3n) is 3.10. The van der Waals surface area contributed by atoms with Crippen LogP contribution in [0.1, 0.15) is 11.8 Å². The molecule has 0 aliphatic heterocycles. The number of rotatable bonds is 7. The predicted octanol–water partition coefficient (Wildman–Crippen LogP) is 2.67. The number of thiophene rings is 1. The van der Waals surface area contributed by atoms with Gasteiger partial charge in [-0.15, -0.1) is 11.3 Å². The Morgan fingerprint density at radius 2 is 2.10 bits per heavy atom. The van der Waals surface area contributed by atoms with E-state index in [1.807, 2.05) is 31.4 Å². The Kier molecular flexibility index (Phi) is 5.67. The fraction of sp³-hybridized carbons (Fsp3) is 0.429. The molecular weight excluding hydrogens is 326 g/mol. The van der Waals surface area contributed by atoms with Crippen LogP contribution in [0.25, 0.3) is 10.1 Å². The Hall–Kier alpha value is -0.600. The molecule has 1 atom stereocenters. The maximum Gasteiger partial charge on any atom is 0.242 e. The lowest BCUT2D eigenvalue weighted by Gasteiger charge is -2.12. The van der Waals surface area contributed by atoms with Crippen LogP contribution in [0.5, 0.6) is 0 Å². The van der Waals surface area contributed by atoms with Crippen LogP contribution in [0.3, 0.4) is 0 Å². The van der Waals surface area contributed by atoms with Crippen molar-refractivity contribution >= 4 is 43.2 Å². The van der Waals surface area contributed by atoms with Crippen LogP contribution in [-0.2, 0) is 16.6 Å². The molecule has 0 bridgehead atoms. The summed E-state index contributed by atoms with van der Waals surface area (Å²) < 4.78 is 28.7. The summed E-state index contributed by atoms with van der Waals surface area (Å²) in [6, 6.07) is 7.33. The molecule has 0 aliphatic rings. The van der Waals surface area contributed by atoms with Gasteiger partial charge in [-0.05, 0) is 24.0 Å². The molecule has 7 heteroatoms. The molecule has 1 unspecified atom stereocenters. The highest BCUT2D eigenvalue weighted by Crippen LogP contribution is 2.34. The molecule has 2 rings (SSSR count).